The topological polar surface area (TPSA) is 129 Å². The molecule has 0 saturated carbocycles. The van der Waals surface area contributed by atoms with Gasteiger partial charge < -0.3 is 28.6 Å². The first kappa shape index (κ1) is 41.1. The van der Waals surface area contributed by atoms with E-state index in [2.05, 4.69) is 14.6 Å². The van der Waals surface area contributed by atoms with Crippen molar-refractivity contribution in [3.8, 4) is 28.8 Å². The number of aromatic nitrogens is 3. The molecule has 5 aromatic rings. The molecule has 4 atom stereocenters. The molecule has 10 rings (SSSR count). The summed E-state index contributed by atoms with van der Waals surface area (Å²) in [6.45, 7) is 6.56. The molecule has 63 heavy (non-hydrogen) atoms. The fraction of sp³-hybridized carbons (Fsp3) is 0.457. The first-order chi connectivity index (χ1) is 30.3. The highest BCUT2D eigenvalue weighted by Gasteiger charge is 2.51. The zero-order valence-corrected chi connectivity index (χ0v) is 35.1. The van der Waals surface area contributed by atoms with Crippen molar-refractivity contribution in [2.75, 3.05) is 37.9 Å². The van der Waals surface area contributed by atoms with E-state index in [1.54, 1.807) is 42.3 Å². The van der Waals surface area contributed by atoms with Gasteiger partial charge >= 0.3 is 24.4 Å². The minimum Gasteiger partial charge on any atom is -0.461 e. The fourth-order valence-corrected chi connectivity index (χ4v) is 10.6. The summed E-state index contributed by atoms with van der Waals surface area (Å²) in [7, 11) is 0. The van der Waals surface area contributed by atoms with Gasteiger partial charge in [0.15, 0.2) is 17.3 Å². The molecule has 17 heteroatoms. The summed E-state index contributed by atoms with van der Waals surface area (Å²) in [4.78, 5) is 45.5. The number of ether oxygens (including phenoxy) is 5. The number of carbonyl (C=O) groups excluding carboxylic acids is 2. The number of anilines is 1. The van der Waals surface area contributed by atoms with Crippen LogP contribution in [0.3, 0.4) is 0 Å². The van der Waals surface area contributed by atoms with E-state index in [4.69, 9.17) is 28.9 Å². The minimum absolute atomic E-state index is 0.00328. The predicted molar refractivity (Wildman–Crippen MR) is 222 cm³/mol. The van der Waals surface area contributed by atoms with E-state index in [0.29, 0.717) is 60.1 Å². The van der Waals surface area contributed by atoms with Crippen LogP contribution in [-0.4, -0.2) is 93.8 Å². The van der Waals surface area contributed by atoms with Crippen LogP contribution in [0.5, 0.6) is 17.5 Å². The highest BCUT2D eigenvalue weighted by Crippen LogP contribution is 2.51. The molecule has 2 bridgehead atoms. The van der Waals surface area contributed by atoms with Gasteiger partial charge in [0.05, 0.1) is 23.0 Å². The number of amides is 1. The van der Waals surface area contributed by atoms with Gasteiger partial charge in [0.1, 0.15) is 29.5 Å². The Morgan fingerprint density at radius 2 is 1.73 bits per heavy atom. The average molecular weight is 871 g/mol. The predicted octanol–water partition coefficient (Wildman–Crippen LogP) is 8.90. The van der Waals surface area contributed by atoms with Gasteiger partial charge in [-0.15, -0.1) is 8.78 Å². The van der Waals surface area contributed by atoms with Gasteiger partial charge in [-0.1, -0.05) is 25.1 Å². The SMILES string of the molecule is CCCC(=O)OCOC(=O)N1C2CCC1CN(c1nc(OCC34CCCN3C(c3ccc5c(c3)OC(F)(F)O5)CC4)nc3c(F)c(-c4cc(C)cc5ccc(F)c(C)c45)ncc13)C2. The minimum atomic E-state index is -3.72. The number of hydrogen-bond acceptors (Lipinski definition) is 12. The molecular weight excluding hydrogens is 825 g/mol. The normalized spacial score (nSPS) is 23.4. The molecule has 330 valence electrons. The number of pyridine rings is 1. The number of nitrogens with zero attached hydrogens (tertiary/aromatic N) is 6. The number of benzene rings is 3. The molecule has 0 N–H and O–H groups in total. The van der Waals surface area contributed by atoms with E-state index in [0.717, 1.165) is 48.7 Å². The van der Waals surface area contributed by atoms with Crippen molar-refractivity contribution in [3.63, 3.8) is 0 Å². The first-order valence-electron chi connectivity index (χ1n) is 21.5. The molecule has 0 spiro atoms. The van der Waals surface area contributed by atoms with Gasteiger partial charge in [-0.25, -0.2) is 13.6 Å². The largest absolute Gasteiger partial charge is 0.586 e. The lowest BCUT2D eigenvalue weighted by Crippen LogP contribution is -2.56. The average Bonchev–Trinajstić information content (AvgIpc) is 3.98. The third-order valence-electron chi connectivity index (χ3n) is 13.4. The smallest absolute Gasteiger partial charge is 0.461 e. The van der Waals surface area contributed by atoms with Crippen molar-refractivity contribution in [1.82, 2.24) is 24.8 Å². The lowest BCUT2D eigenvalue weighted by atomic mass is 9.94. The molecule has 4 fully saturated rings. The van der Waals surface area contributed by atoms with Crippen molar-refractivity contribution in [2.24, 2.45) is 0 Å². The van der Waals surface area contributed by atoms with Crippen LogP contribution in [0, 0.1) is 25.5 Å². The molecule has 13 nitrogen and oxygen atoms in total. The number of fused-ring (bicyclic) bond motifs is 6. The van der Waals surface area contributed by atoms with E-state index in [1.165, 1.54) is 12.1 Å². The van der Waals surface area contributed by atoms with Gasteiger partial charge in [-0.3, -0.25) is 19.6 Å². The molecule has 7 heterocycles. The van der Waals surface area contributed by atoms with Gasteiger partial charge in [0.25, 0.3) is 0 Å². The van der Waals surface area contributed by atoms with Crippen LogP contribution in [0.15, 0.2) is 48.7 Å². The van der Waals surface area contributed by atoms with Crippen LogP contribution in [0.1, 0.15) is 81.0 Å². The standard InChI is InChI=1S/C46H46F4N6O7/c1-4-6-37(57)60-24-61-44(58)56-29-9-10-30(56)22-54(21-29)42-32-20-51-40(31-18-25(2)17-28-7-11-33(47)26(3)38(28)31)39(48)41(32)52-43(53-42)59-23-45-14-5-16-55(45)34(13-15-45)27-8-12-35-36(19-27)63-46(49,50)62-35/h7-8,11-12,17-20,29-30,34H,4-6,9-10,13-16,21-24H2,1-3H3. The van der Waals surface area contributed by atoms with Crippen molar-refractivity contribution >= 4 is 39.6 Å². The van der Waals surface area contributed by atoms with E-state index < -0.39 is 42.3 Å². The van der Waals surface area contributed by atoms with Crippen molar-refractivity contribution in [2.45, 2.75) is 102 Å². The van der Waals surface area contributed by atoms with Crippen LogP contribution >= 0.6 is 0 Å². The van der Waals surface area contributed by atoms with E-state index in [1.807, 2.05) is 24.8 Å². The summed E-state index contributed by atoms with van der Waals surface area (Å²) in [5, 5.41) is 1.64. The maximum absolute atomic E-state index is 17.4. The summed E-state index contributed by atoms with van der Waals surface area (Å²) in [5.41, 5.74) is 2.04. The number of hydrogen-bond donors (Lipinski definition) is 0. The Balaban J connectivity index is 0.983. The summed E-state index contributed by atoms with van der Waals surface area (Å²) in [6.07, 6.45) is 2.66. The molecule has 0 aliphatic carbocycles. The summed E-state index contributed by atoms with van der Waals surface area (Å²) >= 11 is 0. The van der Waals surface area contributed by atoms with Gasteiger partial charge in [-0.05, 0) is 117 Å². The Labute approximate surface area is 360 Å². The van der Waals surface area contributed by atoms with Crippen LogP contribution in [0.25, 0.3) is 32.9 Å². The van der Waals surface area contributed by atoms with Crippen LogP contribution < -0.4 is 19.1 Å². The quantitative estimate of drug-likeness (QED) is 0.0756. The Morgan fingerprint density at radius 1 is 0.937 bits per heavy atom. The summed E-state index contributed by atoms with van der Waals surface area (Å²) < 4.78 is 86.6. The second kappa shape index (κ2) is 15.7. The van der Waals surface area contributed by atoms with Crippen molar-refractivity contribution in [3.05, 3.63) is 77.0 Å². The van der Waals surface area contributed by atoms with Crippen LogP contribution in [0.4, 0.5) is 28.2 Å². The van der Waals surface area contributed by atoms with Crippen LogP contribution in [-0.2, 0) is 14.3 Å². The lowest BCUT2D eigenvalue weighted by molar-refractivity contribution is -0.286. The van der Waals surface area contributed by atoms with Gasteiger partial charge in [-0.2, -0.15) is 9.97 Å². The van der Waals surface area contributed by atoms with Gasteiger partial charge in [0.2, 0.25) is 6.79 Å². The molecule has 0 radical (unpaired) electrons. The zero-order chi connectivity index (χ0) is 43.8. The summed E-state index contributed by atoms with van der Waals surface area (Å²) in [5.74, 6) is -1.19. The molecule has 4 unspecified atom stereocenters. The monoisotopic (exact) mass is 870 g/mol. The number of carbonyl (C=O) groups is 2. The van der Waals surface area contributed by atoms with Crippen molar-refractivity contribution in [1.29, 1.82) is 0 Å². The second-order valence-electron chi connectivity index (χ2n) is 17.3. The first-order valence-corrected chi connectivity index (χ1v) is 21.5. The third-order valence-corrected chi connectivity index (χ3v) is 13.4. The Bertz CT molecular complexity index is 2660. The van der Waals surface area contributed by atoms with E-state index in [9.17, 15) is 18.4 Å². The highest BCUT2D eigenvalue weighted by atomic mass is 19.3. The maximum Gasteiger partial charge on any atom is 0.586 e. The molecular formula is C46H46F4N6O7. The number of alkyl halides is 2. The van der Waals surface area contributed by atoms with E-state index >= 15 is 8.78 Å². The molecule has 2 aromatic heterocycles. The number of rotatable bonds is 10. The van der Waals surface area contributed by atoms with Crippen LogP contribution in [0.2, 0.25) is 0 Å². The Hall–Kier alpha value is -5.97. The fourth-order valence-electron chi connectivity index (χ4n) is 10.6. The number of halogens is 4. The molecule has 4 saturated heterocycles. The van der Waals surface area contributed by atoms with Crippen molar-refractivity contribution < 1.29 is 50.8 Å². The molecule has 5 aliphatic heterocycles. The lowest BCUT2D eigenvalue weighted by Gasteiger charge is -2.41. The van der Waals surface area contributed by atoms with E-state index in [-0.39, 0.29) is 59.9 Å². The second-order valence-corrected chi connectivity index (χ2v) is 17.3. The van der Waals surface area contributed by atoms with Gasteiger partial charge in [0, 0.05) is 37.3 Å². The maximum atomic E-state index is 17.4. The highest BCUT2D eigenvalue weighted by molar-refractivity contribution is 6.01. The number of aryl methyl sites for hydroxylation is 2. The molecule has 5 aliphatic rings. The molecule has 3 aromatic carbocycles. The summed E-state index contributed by atoms with van der Waals surface area (Å²) in [6, 6.07) is 11.0. The Morgan fingerprint density at radius 3 is 2.52 bits per heavy atom. The zero-order valence-electron chi connectivity index (χ0n) is 35.1. The number of esters is 1. The molecule has 1 amide bonds. The number of piperazine rings is 1. The third kappa shape index (κ3) is 7.27. The Kier molecular flexibility index (Phi) is 10.2.